The lowest BCUT2D eigenvalue weighted by molar-refractivity contribution is 0.0935. The van der Waals surface area contributed by atoms with Gasteiger partial charge in [0.05, 0.1) is 12.7 Å². The fraction of sp³-hybridized carbons (Fsp3) is 0.143. The third kappa shape index (κ3) is 2.10. The highest BCUT2D eigenvalue weighted by atomic mass is 16.5. The molecule has 0 bridgehead atoms. The molecule has 1 aromatic heterocycles. The number of aromatic nitrogens is 1. The minimum atomic E-state index is -0.301. The Balaban J connectivity index is 1.94. The first-order valence-electron chi connectivity index (χ1n) is 5.94. The monoisotopic (exact) mass is 255 g/mol. The number of pyridine rings is 1. The van der Waals surface area contributed by atoms with Gasteiger partial charge in [0.15, 0.2) is 0 Å². The Hall–Kier alpha value is -2.56. The van der Waals surface area contributed by atoms with E-state index in [9.17, 15) is 4.79 Å². The number of hydrogen-bond donors (Lipinski definition) is 2. The van der Waals surface area contributed by atoms with Gasteiger partial charge >= 0.3 is 0 Å². The molecule has 1 atom stereocenters. The second-order valence-corrected chi connectivity index (χ2v) is 4.23. The smallest absolute Gasteiger partial charge is 0.256 e. The summed E-state index contributed by atoms with van der Waals surface area (Å²) in [6.45, 7) is 0. The molecular formula is C14H13N3O2. The maximum atomic E-state index is 12.0. The average molecular weight is 255 g/mol. The van der Waals surface area contributed by atoms with Crippen molar-refractivity contribution in [2.75, 3.05) is 12.4 Å². The summed E-state index contributed by atoms with van der Waals surface area (Å²) in [5, 5.41) is 6.09. The second-order valence-electron chi connectivity index (χ2n) is 4.23. The van der Waals surface area contributed by atoms with E-state index in [2.05, 4.69) is 15.6 Å². The van der Waals surface area contributed by atoms with Crippen molar-refractivity contribution < 1.29 is 9.53 Å². The van der Waals surface area contributed by atoms with Gasteiger partial charge in [-0.3, -0.25) is 4.79 Å². The molecule has 1 amide bonds. The van der Waals surface area contributed by atoms with Crippen LogP contribution in [0.2, 0.25) is 0 Å². The minimum Gasteiger partial charge on any atom is -0.497 e. The molecule has 19 heavy (non-hydrogen) atoms. The van der Waals surface area contributed by atoms with E-state index in [1.807, 2.05) is 24.3 Å². The highest BCUT2D eigenvalue weighted by molar-refractivity contribution is 6.00. The largest absolute Gasteiger partial charge is 0.497 e. The Morgan fingerprint density at radius 2 is 2.11 bits per heavy atom. The minimum absolute atomic E-state index is 0.130. The number of ether oxygens (including phenoxy) is 1. The molecule has 2 aromatic rings. The van der Waals surface area contributed by atoms with Crippen LogP contribution in [0.15, 0.2) is 42.6 Å². The topological polar surface area (TPSA) is 63.2 Å². The van der Waals surface area contributed by atoms with Crippen molar-refractivity contribution in [3.05, 3.63) is 53.7 Å². The lowest BCUT2D eigenvalue weighted by atomic mass is 10.1. The Morgan fingerprint density at radius 3 is 2.95 bits per heavy atom. The second kappa shape index (κ2) is 4.61. The maximum absolute atomic E-state index is 12.0. The third-order valence-electron chi connectivity index (χ3n) is 3.04. The van der Waals surface area contributed by atoms with Crippen molar-refractivity contribution in [2.24, 2.45) is 0 Å². The zero-order valence-electron chi connectivity index (χ0n) is 10.4. The van der Waals surface area contributed by atoms with Crippen LogP contribution in [0.1, 0.15) is 22.1 Å². The lowest BCUT2D eigenvalue weighted by Gasteiger charge is -2.27. The van der Waals surface area contributed by atoms with E-state index in [1.54, 1.807) is 25.4 Å². The molecule has 0 aliphatic carbocycles. The number of carbonyl (C=O) groups excluding carboxylic acids is 1. The van der Waals surface area contributed by atoms with E-state index in [-0.39, 0.29) is 12.1 Å². The van der Waals surface area contributed by atoms with E-state index in [1.165, 1.54) is 0 Å². The molecule has 0 saturated carbocycles. The Morgan fingerprint density at radius 1 is 1.21 bits per heavy atom. The first kappa shape index (κ1) is 11.5. The normalized spacial score (nSPS) is 17.1. The van der Waals surface area contributed by atoms with E-state index in [0.717, 1.165) is 11.3 Å². The number of benzene rings is 1. The number of nitrogens with zero attached hydrogens (tertiary/aromatic N) is 1. The molecule has 96 valence electrons. The van der Waals surface area contributed by atoms with Gasteiger partial charge in [-0.2, -0.15) is 0 Å². The molecular weight excluding hydrogens is 242 g/mol. The number of hydrogen-bond acceptors (Lipinski definition) is 4. The van der Waals surface area contributed by atoms with Crippen molar-refractivity contribution in [1.82, 2.24) is 10.3 Å². The number of methoxy groups -OCH3 is 1. The van der Waals surface area contributed by atoms with E-state index < -0.39 is 0 Å². The molecule has 1 unspecified atom stereocenters. The predicted octanol–water partition coefficient (Wildman–Crippen LogP) is 1.94. The highest BCUT2D eigenvalue weighted by Crippen LogP contribution is 2.26. The van der Waals surface area contributed by atoms with Crippen molar-refractivity contribution >= 4 is 11.7 Å². The van der Waals surface area contributed by atoms with Crippen LogP contribution in [0.5, 0.6) is 5.75 Å². The van der Waals surface area contributed by atoms with E-state index in [0.29, 0.717) is 11.4 Å². The molecule has 5 heteroatoms. The van der Waals surface area contributed by atoms with Gasteiger partial charge in [0.25, 0.3) is 5.91 Å². The molecule has 5 nitrogen and oxygen atoms in total. The molecule has 1 aliphatic heterocycles. The summed E-state index contributed by atoms with van der Waals surface area (Å²) in [6, 6.07) is 11.0. The molecule has 0 radical (unpaired) electrons. The summed E-state index contributed by atoms with van der Waals surface area (Å²) in [5.74, 6) is 1.22. The molecule has 3 rings (SSSR count). The van der Waals surface area contributed by atoms with Crippen LogP contribution in [0, 0.1) is 0 Å². The van der Waals surface area contributed by atoms with Crippen molar-refractivity contribution in [1.29, 1.82) is 0 Å². The van der Waals surface area contributed by atoms with Crippen molar-refractivity contribution in [2.45, 2.75) is 6.17 Å². The zero-order valence-corrected chi connectivity index (χ0v) is 10.4. The highest BCUT2D eigenvalue weighted by Gasteiger charge is 2.25. The van der Waals surface area contributed by atoms with Gasteiger partial charge in [-0.15, -0.1) is 0 Å². The van der Waals surface area contributed by atoms with E-state index in [4.69, 9.17) is 4.74 Å². The Bertz CT molecular complexity index is 628. The standard InChI is InChI=1S/C14H13N3O2/c1-19-10-5-2-4-9(8-10)12-16-13-11(14(18)17-12)6-3-7-15-13/h2-8,12H,1H3,(H,15,16)(H,17,18). The summed E-state index contributed by atoms with van der Waals surface area (Å²) in [5.41, 5.74) is 1.48. The third-order valence-corrected chi connectivity index (χ3v) is 3.04. The van der Waals surface area contributed by atoms with Crippen LogP contribution >= 0.6 is 0 Å². The Labute approximate surface area is 110 Å². The lowest BCUT2D eigenvalue weighted by Crippen LogP contribution is -2.38. The van der Waals surface area contributed by atoms with Crippen molar-refractivity contribution in [3.8, 4) is 5.75 Å². The SMILES string of the molecule is COc1cccc(C2NC(=O)c3cccnc3N2)c1. The van der Waals surface area contributed by atoms with Gasteiger partial charge in [0.2, 0.25) is 0 Å². The van der Waals surface area contributed by atoms with Crippen LogP contribution in [-0.4, -0.2) is 18.0 Å². The van der Waals surface area contributed by atoms with E-state index >= 15 is 0 Å². The fourth-order valence-corrected chi connectivity index (χ4v) is 2.07. The molecule has 1 aromatic carbocycles. The van der Waals surface area contributed by atoms with Gasteiger partial charge < -0.3 is 15.4 Å². The molecule has 0 fully saturated rings. The van der Waals surface area contributed by atoms with Gasteiger partial charge in [-0.25, -0.2) is 4.98 Å². The first-order valence-corrected chi connectivity index (χ1v) is 5.94. The Kier molecular flexibility index (Phi) is 2.79. The van der Waals surface area contributed by atoms with Gasteiger partial charge in [-0.1, -0.05) is 12.1 Å². The molecule has 0 saturated heterocycles. The molecule has 1 aliphatic rings. The summed E-state index contributed by atoms with van der Waals surface area (Å²) < 4.78 is 5.19. The number of nitrogens with one attached hydrogen (secondary N) is 2. The van der Waals surface area contributed by atoms with Crippen LogP contribution in [0.4, 0.5) is 5.82 Å². The summed E-state index contributed by atoms with van der Waals surface area (Å²) in [7, 11) is 1.61. The van der Waals surface area contributed by atoms with Crippen LogP contribution < -0.4 is 15.4 Å². The molecule has 2 heterocycles. The number of fused-ring (bicyclic) bond motifs is 1. The fourth-order valence-electron chi connectivity index (χ4n) is 2.07. The average Bonchev–Trinajstić information content (AvgIpc) is 2.47. The first-order chi connectivity index (χ1) is 9.28. The number of rotatable bonds is 2. The molecule has 0 spiro atoms. The zero-order chi connectivity index (χ0) is 13.2. The van der Waals surface area contributed by atoms with Crippen LogP contribution in [-0.2, 0) is 0 Å². The molecule has 2 N–H and O–H groups in total. The number of amides is 1. The predicted molar refractivity (Wildman–Crippen MR) is 71.1 cm³/mol. The van der Waals surface area contributed by atoms with Crippen molar-refractivity contribution in [3.63, 3.8) is 0 Å². The maximum Gasteiger partial charge on any atom is 0.256 e. The summed E-state index contributed by atoms with van der Waals surface area (Å²) >= 11 is 0. The number of anilines is 1. The summed E-state index contributed by atoms with van der Waals surface area (Å²) in [6.07, 6.45) is 1.36. The van der Waals surface area contributed by atoms with Crippen LogP contribution in [0.25, 0.3) is 0 Å². The van der Waals surface area contributed by atoms with Gasteiger partial charge in [0.1, 0.15) is 17.7 Å². The van der Waals surface area contributed by atoms with Crippen LogP contribution in [0.3, 0.4) is 0 Å². The van der Waals surface area contributed by atoms with Gasteiger partial charge in [-0.05, 0) is 29.8 Å². The quantitative estimate of drug-likeness (QED) is 0.861. The van der Waals surface area contributed by atoms with Gasteiger partial charge in [0, 0.05) is 6.20 Å². The summed E-state index contributed by atoms with van der Waals surface area (Å²) in [4.78, 5) is 16.2. The number of carbonyl (C=O) groups is 1.